The zero-order valence-corrected chi connectivity index (χ0v) is 31.2. The van der Waals surface area contributed by atoms with Crippen LogP contribution in [0.4, 0.5) is 11.6 Å². The first-order chi connectivity index (χ1) is 19.1. The van der Waals surface area contributed by atoms with Crippen LogP contribution in [0.3, 0.4) is 0 Å². The number of hydrogen-bond donors (Lipinski definition) is 5. The number of aliphatic hydroxyl groups excluding tert-OH is 3. The van der Waals surface area contributed by atoms with Crippen molar-refractivity contribution in [1.29, 1.82) is 0 Å². The van der Waals surface area contributed by atoms with Gasteiger partial charge in [0.1, 0.15) is 48.3 Å². The zero-order valence-electron chi connectivity index (χ0n) is 23.4. The van der Waals surface area contributed by atoms with Gasteiger partial charge in [-0.1, -0.05) is 0 Å². The summed E-state index contributed by atoms with van der Waals surface area (Å²) in [5.74, 6) is -0.340. The van der Waals surface area contributed by atoms with Gasteiger partial charge < -0.3 is 69.1 Å². The van der Waals surface area contributed by atoms with Crippen LogP contribution in [0.1, 0.15) is 12.5 Å². The summed E-state index contributed by atoms with van der Waals surface area (Å²) < 4.78 is 50.0. The molecule has 2 aromatic heterocycles. The molecule has 2 aliphatic rings. The molecule has 9 atom stereocenters. The topological polar surface area (TPSA) is 332 Å². The average Bonchev–Trinajstić information content (AvgIpc) is 3.33. The molecular formula is C18H23N6Na3O15P2. The normalized spacial score (nSPS) is 29.6. The van der Waals surface area contributed by atoms with Gasteiger partial charge in [0, 0.05) is 12.4 Å². The third-order valence-corrected chi connectivity index (χ3v) is 7.42. The number of phosphoric acid groups is 2. The van der Waals surface area contributed by atoms with Crippen LogP contribution in [0.2, 0.25) is 0 Å². The van der Waals surface area contributed by atoms with Gasteiger partial charge in [-0.05, 0) is 12.1 Å². The van der Waals surface area contributed by atoms with Crippen molar-refractivity contribution in [2.24, 2.45) is 0 Å². The molecule has 0 bridgehead atoms. The first-order valence-corrected chi connectivity index (χ1v) is 14.3. The van der Waals surface area contributed by atoms with E-state index in [1.165, 1.54) is 6.07 Å². The monoisotopic (exact) mass is 694 g/mol. The minimum absolute atomic E-state index is 0. The summed E-state index contributed by atoms with van der Waals surface area (Å²) in [6.45, 7) is -2.01. The van der Waals surface area contributed by atoms with Crippen molar-refractivity contribution in [1.82, 2.24) is 19.1 Å². The number of nitrogen functional groups attached to an aromatic ring is 2. The Hall–Kier alpha value is 0.380. The van der Waals surface area contributed by atoms with Gasteiger partial charge in [0.05, 0.1) is 21.0 Å². The van der Waals surface area contributed by atoms with Gasteiger partial charge in [0.2, 0.25) is 0 Å². The first-order valence-electron chi connectivity index (χ1n) is 11.4. The Kier molecular flexibility index (Phi) is 16.5. The molecule has 7 N–H and O–H groups in total. The number of aromatic nitrogens is 4. The van der Waals surface area contributed by atoms with E-state index in [1.807, 2.05) is 0 Å². The second-order valence-corrected chi connectivity index (χ2v) is 11.2. The number of nitrogens with zero attached hydrogens (tertiary/aromatic N) is 4. The van der Waals surface area contributed by atoms with E-state index in [0.717, 1.165) is 23.0 Å². The first kappa shape index (κ1) is 42.4. The summed E-state index contributed by atoms with van der Waals surface area (Å²) in [4.78, 5) is 66.3. The fourth-order valence-electron chi connectivity index (χ4n) is 4.17. The van der Waals surface area contributed by atoms with Crippen LogP contribution < -0.4 is 126 Å². The number of rotatable bonds is 10. The van der Waals surface area contributed by atoms with Crippen molar-refractivity contribution in [3.8, 4) is 0 Å². The van der Waals surface area contributed by atoms with Crippen molar-refractivity contribution >= 4 is 27.3 Å². The predicted octanol–water partition coefficient (Wildman–Crippen LogP) is -14.7. The van der Waals surface area contributed by atoms with Gasteiger partial charge in [-0.15, -0.1) is 0 Å². The third-order valence-electron chi connectivity index (χ3n) is 5.95. The van der Waals surface area contributed by atoms with E-state index in [0.29, 0.717) is 4.57 Å². The molecule has 0 aromatic carbocycles. The molecule has 0 saturated carbocycles. The Morgan fingerprint density at radius 1 is 0.841 bits per heavy atom. The molecule has 0 amide bonds. The standard InChI is InChI=1S/C18H26N6O15P2.3Na/c19-9-1-3-23(17(28)21-9)15-11(26)13(7(5-25)36-15)39-41(33,34)35-6-8-14(38-40(30,31)32)12(27)16(37-8)24-4-2-10(20)22-18(24)29;;;/h1-4,7-8,11-16,25-27H,5-6H2,(H,33,34)(H2,19,21,28)(H2,20,22,29)(H2,30,31,32);;;/q;3*+1/p-3/t7-,8-,11-,12-,13-,14-,15-,16-;;;/m1.../s1. The van der Waals surface area contributed by atoms with Crippen molar-refractivity contribution in [3.05, 3.63) is 45.5 Å². The Morgan fingerprint density at radius 2 is 1.27 bits per heavy atom. The number of phosphoric ester groups is 2. The summed E-state index contributed by atoms with van der Waals surface area (Å²) in [7, 11) is -11.3. The molecule has 2 aromatic rings. The van der Waals surface area contributed by atoms with Gasteiger partial charge in [-0.25, -0.2) is 9.59 Å². The summed E-state index contributed by atoms with van der Waals surface area (Å²) in [6, 6.07) is 2.33. The van der Waals surface area contributed by atoms with Crippen molar-refractivity contribution in [3.63, 3.8) is 0 Å². The number of aliphatic hydroxyl groups is 3. The second-order valence-electron chi connectivity index (χ2n) is 8.71. The van der Waals surface area contributed by atoms with Crippen LogP contribution in [0.15, 0.2) is 34.1 Å². The third kappa shape index (κ3) is 10.2. The summed E-state index contributed by atoms with van der Waals surface area (Å²) in [5.41, 5.74) is 8.82. The Bertz CT molecular complexity index is 1480. The maximum Gasteiger partial charge on any atom is 1.00 e. The van der Waals surface area contributed by atoms with Crippen molar-refractivity contribution in [2.75, 3.05) is 24.7 Å². The summed E-state index contributed by atoms with van der Waals surface area (Å²) >= 11 is 0. The summed E-state index contributed by atoms with van der Waals surface area (Å²) in [6.07, 6.45) is -12.2. The molecule has 26 heteroatoms. The molecule has 0 radical (unpaired) electrons. The fraction of sp³-hybridized carbons (Fsp3) is 0.556. The van der Waals surface area contributed by atoms with Crippen LogP contribution in [-0.2, 0) is 32.2 Å². The average molecular weight is 694 g/mol. The molecule has 0 aliphatic carbocycles. The minimum atomic E-state index is -5.80. The molecular weight excluding hydrogens is 671 g/mol. The fourth-order valence-corrected chi connectivity index (χ4v) is 5.68. The predicted molar refractivity (Wildman–Crippen MR) is 124 cm³/mol. The molecule has 2 fully saturated rings. The molecule has 4 heterocycles. The van der Waals surface area contributed by atoms with Crippen molar-refractivity contribution < 1.29 is 151 Å². The largest absolute Gasteiger partial charge is 1.00 e. The van der Waals surface area contributed by atoms with Gasteiger partial charge in [0.15, 0.2) is 12.5 Å². The van der Waals surface area contributed by atoms with E-state index >= 15 is 0 Å². The van der Waals surface area contributed by atoms with Gasteiger partial charge >= 0.3 is 100 Å². The second kappa shape index (κ2) is 17.2. The van der Waals surface area contributed by atoms with Gasteiger partial charge in [-0.2, -0.15) is 9.97 Å². The Morgan fingerprint density at radius 3 is 1.68 bits per heavy atom. The zero-order chi connectivity index (χ0) is 30.3. The number of ether oxygens (including phenoxy) is 2. The van der Waals surface area contributed by atoms with Crippen LogP contribution in [-0.4, -0.2) is 84.3 Å². The number of nitrogens with two attached hydrogens (primary N) is 2. The molecule has 21 nitrogen and oxygen atoms in total. The molecule has 2 aliphatic heterocycles. The molecule has 4 rings (SSSR count). The smallest absolute Gasteiger partial charge is 0.790 e. The van der Waals surface area contributed by atoms with Crippen molar-refractivity contribution in [2.45, 2.75) is 49.1 Å². The minimum Gasteiger partial charge on any atom is -0.790 e. The van der Waals surface area contributed by atoms with Gasteiger partial charge in [0.25, 0.3) is 7.82 Å². The molecule has 2 saturated heterocycles. The molecule has 44 heavy (non-hydrogen) atoms. The number of hydrogen-bond acceptors (Lipinski definition) is 19. The molecule has 1 unspecified atom stereocenters. The molecule has 228 valence electrons. The Labute approximate surface area is 313 Å². The summed E-state index contributed by atoms with van der Waals surface area (Å²) in [5, 5.41) is 30.8. The van der Waals surface area contributed by atoms with E-state index in [9.17, 15) is 48.7 Å². The SMILES string of the molecule is Nc1ccn([C@@H]2O[C@H](COP(=O)([O-])O[C@H]3[C@@H](O)[C@H](n4ccc(N)nc4=O)O[C@@H]3CO)[C@@H](OP(=O)([O-])[O-])[C@H]2O)c(=O)n1.[Na+].[Na+].[Na+]. The van der Waals surface area contributed by atoms with E-state index in [-0.39, 0.29) is 100 Å². The van der Waals surface area contributed by atoms with E-state index in [4.69, 9.17) is 30.0 Å². The van der Waals surface area contributed by atoms with Crippen LogP contribution in [0.25, 0.3) is 0 Å². The van der Waals surface area contributed by atoms with E-state index < -0.39 is 89.3 Å². The van der Waals surface area contributed by atoms with Crippen LogP contribution in [0, 0.1) is 0 Å². The van der Waals surface area contributed by atoms with Crippen LogP contribution >= 0.6 is 15.6 Å². The molecule has 0 spiro atoms. The van der Waals surface area contributed by atoms with E-state index in [2.05, 4.69) is 14.5 Å². The number of anilines is 2. The van der Waals surface area contributed by atoms with Crippen LogP contribution in [0.5, 0.6) is 0 Å². The quantitative estimate of drug-likeness (QED) is 0.114. The van der Waals surface area contributed by atoms with E-state index in [1.54, 1.807) is 0 Å². The Balaban J connectivity index is 0.00000323. The maximum absolute atomic E-state index is 12.6. The van der Waals surface area contributed by atoms with Gasteiger partial charge in [-0.3, -0.25) is 13.7 Å². The maximum atomic E-state index is 12.6.